The third kappa shape index (κ3) is 3.47. The summed E-state index contributed by atoms with van der Waals surface area (Å²) in [6.45, 7) is 2.30. The Morgan fingerprint density at radius 3 is 2.91 bits per heavy atom. The van der Waals surface area contributed by atoms with Gasteiger partial charge in [0, 0.05) is 18.5 Å². The first-order valence-electron chi connectivity index (χ1n) is 11.3. The van der Waals surface area contributed by atoms with Gasteiger partial charge in [0.15, 0.2) is 5.69 Å². The number of amides is 4. The van der Waals surface area contributed by atoms with Crippen LogP contribution in [-0.2, 0) is 16.1 Å². The lowest BCUT2D eigenvalue weighted by molar-refractivity contribution is -0.136. The molecule has 0 saturated carbocycles. The van der Waals surface area contributed by atoms with Gasteiger partial charge in [0.05, 0.1) is 24.0 Å². The van der Waals surface area contributed by atoms with Crippen LogP contribution in [0, 0.1) is 0 Å². The van der Waals surface area contributed by atoms with Crippen LogP contribution >= 0.6 is 0 Å². The highest BCUT2D eigenvalue weighted by molar-refractivity contribution is 6.05. The maximum atomic E-state index is 13.1. The zero-order valence-electron chi connectivity index (χ0n) is 18.7. The molecular weight excluding hydrogens is 454 g/mol. The average molecular weight is 475 g/mol. The summed E-state index contributed by atoms with van der Waals surface area (Å²) >= 11 is 0. The van der Waals surface area contributed by atoms with Crippen LogP contribution in [-0.4, -0.2) is 64.3 Å². The van der Waals surface area contributed by atoms with Gasteiger partial charge in [-0.15, -0.1) is 5.10 Å². The second-order valence-electron chi connectivity index (χ2n) is 8.96. The topological polar surface area (TPSA) is 157 Å². The van der Waals surface area contributed by atoms with Crippen molar-refractivity contribution >= 4 is 23.6 Å². The number of hydrogen-bond acceptors (Lipinski definition) is 8. The standard InChI is InChI=1S/C22H21N9O4/c1-11-6-15(19-23-10-24-31(11)19)25-20(33)16-9-30(28-27-16)13-3-2-12-8-29(22(35)14(12)7-13)17-4-5-18(32)26-21(17)34/h2-3,7,9-11,15,17H,4-6,8H2,1H3,(H,25,33)(H,26,32,34). The number of piperidine rings is 1. The van der Waals surface area contributed by atoms with Crippen LogP contribution in [0.25, 0.3) is 5.69 Å². The van der Waals surface area contributed by atoms with Crippen molar-refractivity contribution < 1.29 is 19.2 Å². The minimum Gasteiger partial charge on any atom is -0.340 e. The molecule has 0 spiro atoms. The Balaban J connectivity index is 1.18. The minimum absolute atomic E-state index is 0.132. The molecule has 35 heavy (non-hydrogen) atoms. The van der Waals surface area contributed by atoms with Gasteiger partial charge in [-0.25, -0.2) is 14.3 Å². The fourth-order valence-corrected chi connectivity index (χ4v) is 4.93. The molecule has 3 unspecified atom stereocenters. The zero-order chi connectivity index (χ0) is 24.3. The Morgan fingerprint density at radius 1 is 1.23 bits per heavy atom. The number of imide groups is 1. The molecule has 4 amide bonds. The lowest BCUT2D eigenvalue weighted by Crippen LogP contribution is -2.52. The summed E-state index contributed by atoms with van der Waals surface area (Å²) in [7, 11) is 0. The molecule has 1 saturated heterocycles. The van der Waals surface area contributed by atoms with Gasteiger partial charge in [-0.2, -0.15) is 5.10 Å². The number of nitrogens with zero attached hydrogens (tertiary/aromatic N) is 7. The molecule has 3 atom stereocenters. The van der Waals surface area contributed by atoms with Gasteiger partial charge in [-0.05, 0) is 37.5 Å². The largest absolute Gasteiger partial charge is 0.340 e. The van der Waals surface area contributed by atoms with E-state index < -0.39 is 11.9 Å². The summed E-state index contributed by atoms with van der Waals surface area (Å²) in [5.74, 6) is -0.742. The van der Waals surface area contributed by atoms with Gasteiger partial charge in [0.25, 0.3) is 11.8 Å². The van der Waals surface area contributed by atoms with E-state index in [1.807, 2.05) is 6.92 Å². The second-order valence-corrected chi connectivity index (χ2v) is 8.96. The first kappa shape index (κ1) is 21.1. The number of carbonyl (C=O) groups is 4. The SMILES string of the molecule is CC1CC(NC(=O)c2cn(-c3ccc4c(c3)C(=O)N(C3CCC(=O)NC3=O)C4)nn2)c2ncnn21. The Hall–Kier alpha value is -4.42. The summed E-state index contributed by atoms with van der Waals surface area (Å²) in [6, 6.07) is 4.43. The van der Waals surface area contributed by atoms with Gasteiger partial charge >= 0.3 is 0 Å². The van der Waals surface area contributed by atoms with Crippen molar-refractivity contribution in [3.63, 3.8) is 0 Å². The molecule has 5 heterocycles. The Labute approximate surface area is 198 Å². The van der Waals surface area contributed by atoms with Crippen molar-refractivity contribution in [2.75, 3.05) is 0 Å². The highest BCUT2D eigenvalue weighted by atomic mass is 16.2. The third-order valence-electron chi connectivity index (χ3n) is 6.71. The normalized spacial score (nSPS) is 23.3. The van der Waals surface area contributed by atoms with E-state index in [0.717, 1.165) is 5.56 Å². The summed E-state index contributed by atoms with van der Waals surface area (Å²) in [5.41, 5.74) is 1.92. The minimum atomic E-state index is -0.679. The molecule has 3 aliphatic rings. The molecule has 3 aromatic rings. The molecule has 0 radical (unpaired) electrons. The smallest absolute Gasteiger partial charge is 0.274 e. The van der Waals surface area contributed by atoms with Crippen molar-refractivity contribution in [2.24, 2.45) is 0 Å². The van der Waals surface area contributed by atoms with Gasteiger partial charge in [0.2, 0.25) is 11.8 Å². The number of fused-ring (bicyclic) bond motifs is 2. The maximum Gasteiger partial charge on any atom is 0.274 e. The third-order valence-corrected chi connectivity index (χ3v) is 6.71. The highest BCUT2D eigenvalue weighted by Gasteiger charge is 2.39. The van der Waals surface area contributed by atoms with Crippen molar-refractivity contribution in [2.45, 2.75) is 50.9 Å². The first-order chi connectivity index (χ1) is 16.9. The molecule has 2 N–H and O–H groups in total. The fourth-order valence-electron chi connectivity index (χ4n) is 4.93. The van der Waals surface area contributed by atoms with E-state index in [9.17, 15) is 19.2 Å². The predicted molar refractivity (Wildman–Crippen MR) is 117 cm³/mol. The summed E-state index contributed by atoms with van der Waals surface area (Å²) in [4.78, 5) is 55.3. The lowest BCUT2D eigenvalue weighted by Gasteiger charge is -2.29. The molecule has 13 heteroatoms. The number of hydrogen-bond donors (Lipinski definition) is 2. The number of benzene rings is 1. The molecule has 2 aromatic heterocycles. The van der Waals surface area contributed by atoms with E-state index in [0.29, 0.717) is 29.9 Å². The number of aromatic nitrogens is 6. The number of carbonyl (C=O) groups excluding carboxylic acids is 4. The summed E-state index contributed by atoms with van der Waals surface area (Å²) < 4.78 is 3.22. The molecule has 13 nitrogen and oxygen atoms in total. The van der Waals surface area contributed by atoms with E-state index in [-0.39, 0.29) is 48.5 Å². The zero-order valence-corrected chi connectivity index (χ0v) is 18.7. The summed E-state index contributed by atoms with van der Waals surface area (Å²) in [6.07, 6.45) is 4.15. The van der Waals surface area contributed by atoms with E-state index in [1.165, 1.54) is 22.1 Å². The molecule has 178 valence electrons. The van der Waals surface area contributed by atoms with Crippen molar-refractivity contribution in [3.05, 3.63) is 53.4 Å². The molecule has 0 bridgehead atoms. The fraction of sp³-hybridized carbons (Fsp3) is 0.364. The second kappa shape index (κ2) is 7.82. The van der Waals surface area contributed by atoms with Crippen LogP contribution in [0.1, 0.15) is 70.5 Å². The van der Waals surface area contributed by atoms with Crippen LogP contribution in [0.5, 0.6) is 0 Å². The quantitative estimate of drug-likeness (QED) is 0.502. The van der Waals surface area contributed by atoms with Gasteiger partial charge in [-0.3, -0.25) is 24.5 Å². The Bertz CT molecular complexity index is 1390. The highest BCUT2D eigenvalue weighted by Crippen LogP contribution is 2.32. The maximum absolute atomic E-state index is 13.1. The molecular formula is C22H21N9O4. The van der Waals surface area contributed by atoms with Crippen LogP contribution in [0.3, 0.4) is 0 Å². The molecule has 0 aliphatic carbocycles. The van der Waals surface area contributed by atoms with Crippen molar-refractivity contribution in [3.8, 4) is 5.69 Å². The van der Waals surface area contributed by atoms with Crippen LogP contribution < -0.4 is 10.6 Å². The molecule has 6 rings (SSSR count). The van der Waals surface area contributed by atoms with Crippen LogP contribution in [0.2, 0.25) is 0 Å². The van der Waals surface area contributed by atoms with E-state index in [4.69, 9.17) is 0 Å². The molecule has 3 aliphatic heterocycles. The number of nitrogens with one attached hydrogen (secondary N) is 2. The van der Waals surface area contributed by atoms with Gasteiger partial charge < -0.3 is 10.2 Å². The average Bonchev–Trinajstić information content (AvgIpc) is 3.61. The van der Waals surface area contributed by atoms with Crippen molar-refractivity contribution in [1.29, 1.82) is 0 Å². The van der Waals surface area contributed by atoms with E-state index >= 15 is 0 Å². The summed E-state index contributed by atoms with van der Waals surface area (Å²) in [5, 5.41) is 17.5. The van der Waals surface area contributed by atoms with Crippen molar-refractivity contribution in [1.82, 2.24) is 45.3 Å². The van der Waals surface area contributed by atoms with Crippen LogP contribution in [0.15, 0.2) is 30.7 Å². The van der Waals surface area contributed by atoms with Crippen LogP contribution in [0.4, 0.5) is 0 Å². The first-order valence-corrected chi connectivity index (χ1v) is 11.3. The molecule has 1 fully saturated rings. The number of rotatable bonds is 4. The molecule has 1 aromatic carbocycles. The predicted octanol–water partition coefficient (Wildman–Crippen LogP) is 0.0556. The monoisotopic (exact) mass is 475 g/mol. The van der Waals surface area contributed by atoms with Gasteiger partial charge in [-0.1, -0.05) is 11.3 Å². The Morgan fingerprint density at radius 2 is 2.09 bits per heavy atom. The van der Waals surface area contributed by atoms with E-state index in [1.54, 1.807) is 22.9 Å². The lowest BCUT2D eigenvalue weighted by atomic mass is 10.0. The Kier molecular flexibility index (Phi) is 4.72. The van der Waals surface area contributed by atoms with Gasteiger partial charge in [0.1, 0.15) is 18.2 Å². The van der Waals surface area contributed by atoms with E-state index in [2.05, 4.69) is 31.0 Å².